The predicted octanol–water partition coefficient (Wildman–Crippen LogP) is -0.0641. The number of alkyl halides is 3. The highest BCUT2D eigenvalue weighted by molar-refractivity contribution is 5.82. The Morgan fingerprint density at radius 2 is 1.83 bits per heavy atom. The van der Waals surface area contributed by atoms with Gasteiger partial charge in [-0.25, -0.2) is 4.79 Å². The van der Waals surface area contributed by atoms with Gasteiger partial charge in [0, 0.05) is 7.05 Å². The van der Waals surface area contributed by atoms with Crippen molar-refractivity contribution in [1.29, 1.82) is 0 Å². The number of amides is 2. The SMILES string of the molecule is CNC(=O)ONC(=O)C(F)(F)F. The molecule has 8 heteroatoms. The fourth-order valence-corrected chi connectivity index (χ4v) is 0.202. The molecule has 0 spiro atoms. The fourth-order valence-electron chi connectivity index (χ4n) is 0.202. The number of hydrogen-bond acceptors (Lipinski definition) is 3. The zero-order valence-electron chi connectivity index (χ0n) is 5.86. The second-order valence-corrected chi connectivity index (χ2v) is 1.57. The van der Waals surface area contributed by atoms with Gasteiger partial charge in [-0.1, -0.05) is 0 Å². The van der Waals surface area contributed by atoms with Gasteiger partial charge in [0.2, 0.25) is 0 Å². The molecule has 0 saturated carbocycles. The average Bonchev–Trinajstić information content (AvgIpc) is 1.97. The standard InChI is InChI=1S/C4H5F3N2O3/c1-8-3(11)12-9-2(10)4(5,6)7/h1H3,(H,8,11)(H,9,10). The van der Waals surface area contributed by atoms with Crippen LogP contribution in [0.2, 0.25) is 0 Å². The summed E-state index contributed by atoms with van der Waals surface area (Å²) in [6.07, 6.45) is -6.25. The van der Waals surface area contributed by atoms with Crippen molar-refractivity contribution in [2.45, 2.75) is 6.18 Å². The van der Waals surface area contributed by atoms with Crippen LogP contribution in [0.25, 0.3) is 0 Å². The molecule has 0 radical (unpaired) electrons. The Morgan fingerprint density at radius 1 is 1.33 bits per heavy atom. The number of hydrogen-bond donors (Lipinski definition) is 2. The largest absolute Gasteiger partial charge is 0.474 e. The summed E-state index contributed by atoms with van der Waals surface area (Å²) in [7, 11) is 1.13. The first-order chi connectivity index (χ1) is 5.38. The first-order valence-electron chi connectivity index (χ1n) is 2.63. The van der Waals surface area contributed by atoms with Crippen molar-refractivity contribution >= 4 is 12.0 Å². The lowest BCUT2D eigenvalue weighted by Crippen LogP contribution is -2.39. The zero-order valence-corrected chi connectivity index (χ0v) is 5.86. The molecule has 0 aliphatic heterocycles. The van der Waals surface area contributed by atoms with E-state index >= 15 is 0 Å². The molecule has 0 aromatic carbocycles. The Balaban J connectivity index is 3.81. The van der Waals surface area contributed by atoms with Crippen molar-refractivity contribution < 1.29 is 27.6 Å². The molecule has 0 aromatic heterocycles. The maximum Gasteiger partial charge on any atom is 0.474 e. The van der Waals surface area contributed by atoms with Gasteiger partial charge in [0.15, 0.2) is 0 Å². The molecule has 0 rings (SSSR count). The quantitative estimate of drug-likeness (QED) is 0.520. The Bertz CT molecular complexity index is 190. The number of carbonyl (C=O) groups is 2. The molecule has 12 heavy (non-hydrogen) atoms. The molecule has 0 bridgehead atoms. The third-order valence-corrected chi connectivity index (χ3v) is 0.698. The summed E-state index contributed by atoms with van der Waals surface area (Å²) >= 11 is 0. The van der Waals surface area contributed by atoms with Crippen molar-refractivity contribution in [3.63, 3.8) is 0 Å². The smallest absolute Gasteiger partial charge is 0.323 e. The number of rotatable bonds is 0. The lowest BCUT2D eigenvalue weighted by molar-refractivity contribution is -0.182. The summed E-state index contributed by atoms with van der Waals surface area (Å²) in [4.78, 5) is 23.7. The maximum absolute atomic E-state index is 11.4. The third-order valence-electron chi connectivity index (χ3n) is 0.698. The van der Waals surface area contributed by atoms with Crippen LogP contribution < -0.4 is 10.8 Å². The highest BCUT2D eigenvalue weighted by Gasteiger charge is 2.39. The second kappa shape index (κ2) is 3.79. The first-order valence-corrected chi connectivity index (χ1v) is 2.63. The first kappa shape index (κ1) is 10.5. The topological polar surface area (TPSA) is 67.4 Å². The lowest BCUT2D eigenvalue weighted by Gasteiger charge is -2.06. The molecule has 0 aliphatic rings. The van der Waals surface area contributed by atoms with Gasteiger partial charge in [-0.15, -0.1) is 0 Å². The van der Waals surface area contributed by atoms with Gasteiger partial charge < -0.3 is 10.2 Å². The van der Waals surface area contributed by atoms with E-state index in [1.807, 2.05) is 5.32 Å². The summed E-state index contributed by atoms with van der Waals surface area (Å²) in [5.74, 6) is -2.34. The van der Waals surface area contributed by atoms with Crippen LogP contribution in [0.1, 0.15) is 0 Å². The molecule has 5 nitrogen and oxygen atoms in total. The van der Waals surface area contributed by atoms with Crippen molar-refractivity contribution in [3.05, 3.63) is 0 Å². The van der Waals surface area contributed by atoms with Crippen LogP contribution in [0.5, 0.6) is 0 Å². The van der Waals surface area contributed by atoms with Crippen LogP contribution in [0, 0.1) is 0 Å². The van der Waals surface area contributed by atoms with E-state index in [-0.39, 0.29) is 0 Å². The Morgan fingerprint density at radius 3 is 2.17 bits per heavy atom. The highest BCUT2D eigenvalue weighted by atomic mass is 19.4. The molecule has 2 amide bonds. The molecular weight excluding hydrogens is 181 g/mol. The van der Waals surface area contributed by atoms with Gasteiger partial charge in [0.1, 0.15) is 0 Å². The van der Waals surface area contributed by atoms with Crippen LogP contribution in [0.15, 0.2) is 0 Å². The molecule has 0 fully saturated rings. The summed E-state index contributed by atoms with van der Waals surface area (Å²) in [5.41, 5.74) is 0.897. The second-order valence-electron chi connectivity index (χ2n) is 1.57. The van der Waals surface area contributed by atoms with E-state index in [0.717, 1.165) is 12.5 Å². The normalized spacial score (nSPS) is 10.3. The third kappa shape index (κ3) is 3.64. The molecule has 0 aliphatic carbocycles. The molecule has 0 unspecified atom stereocenters. The minimum absolute atomic E-state index is 0.897. The molecule has 0 atom stereocenters. The number of halogens is 3. The van der Waals surface area contributed by atoms with Crippen molar-refractivity contribution in [3.8, 4) is 0 Å². The fraction of sp³-hybridized carbons (Fsp3) is 0.500. The van der Waals surface area contributed by atoms with E-state index in [1.165, 1.54) is 0 Å². The van der Waals surface area contributed by atoms with E-state index in [4.69, 9.17) is 0 Å². The number of hydroxylamine groups is 1. The summed E-state index contributed by atoms with van der Waals surface area (Å²) in [5, 5.41) is 1.83. The average molecular weight is 186 g/mol. The summed E-state index contributed by atoms with van der Waals surface area (Å²) < 4.78 is 34.1. The van der Waals surface area contributed by atoms with Crippen LogP contribution in [0.3, 0.4) is 0 Å². The minimum atomic E-state index is -5.06. The van der Waals surface area contributed by atoms with Gasteiger partial charge in [-0.2, -0.15) is 18.7 Å². The summed E-state index contributed by atoms with van der Waals surface area (Å²) in [6.45, 7) is 0. The van der Waals surface area contributed by atoms with E-state index < -0.39 is 18.2 Å². The van der Waals surface area contributed by atoms with Gasteiger partial charge in [0.25, 0.3) is 0 Å². The number of nitrogens with one attached hydrogen (secondary N) is 2. The van der Waals surface area contributed by atoms with Crippen molar-refractivity contribution in [2.24, 2.45) is 0 Å². The Hall–Kier alpha value is -1.47. The van der Waals surface area contributed by atoms with Gasteiger partial charge in [-0.05, 0) is 0 Å². The molecule has 2 N–H and O–H groups in total. The highest BCUT2D eigenvalue weighted by Crippen LogP contribution is 2.13. The van der Waals surface area contributed by atoms with Gasteiger partial charge in [0.05, 0.1) is 0 Å². The van der Waals surface area contributed by atoms with Crippen LogP contribution >= 0.6 is 0 Å². The van der Waals surface area contributed by atoms with Gasteiger partial charge in [-0.3, -0.25) is 4.79 Å². The predicted molar refractivity (Wildman–Crippen MR) is 29.7 cm³/mol. The monoisotopic (exact) mass is 186 g/mol. The van der Waals surface area contributed by atoms with E-state index in [0.29, 0.717) is 0 Å². The maximum atomic E-state index is 11.4. The molecule has 0 aromatic rings. The van der Waals surface area contributed by atoms with Gasteiger partial charge >= 0.3 is 18.2 Å². The lowest BCUT2D eigenvalue weighted by atomic mass is 10.6. The van der Waals surface area contributed by atoms with Crippen LogP contribution in [-0.2, 0) is 9.63 Å². The van der Waals surface area contributed by atoms with Crippen LogP contribution in [-0.4, -0.2) is 25.2 Å². The molecule has 0 saturated heterocycles. The van der Waals surface area contributed by atoms with Crippen LogP contribution in [0.4, 0.5) is 18.0 Å². The molecule has 0 heterocycles. The van der Waals surface area contributed by atoms with E-state index in [1.54, 1.807) is 0 Å². The van der Waals surface area contributed by atoms with E-state index in [2.05, 4.69) is 4.84 Å². The molecular formula is C4H5F3N2O3. The Kier molecular flexibility index (Phi) is 3.32. The zero-order chi connectivity index (χ0) is 9.78. The molecule has 70 valence electrons. The number of carbonyl (C=O) groups excluding carboxylic acids is 2. The van der Waals surface area contributed by atoms with Crippen molar-refractivity contribution in [2.75, 3.05) is 7.05 Å². The summed E-state index contributed by atoms with van der Waals surface area (Å²) in [6, 6.07) is 0. The van der Waals surface area contributed by atoms with Crippen molar-refractivity contribution in [1.82, 2.24) is 10.8 Å². The Labute approximate surface area is 64.8 Å². The van der Waals surface area contributed by atoms with E-state index in [9.17, 15) is 22.8 Å². The minimum Gasteiger partial charge on any atom is -0.323 e.